The first kappa shape index (κ1) is 16.0. The molecule has 13 heavy (non-hydrogen) atoms. The van der Waals surface area contributed by atoms with E-state index in [1.807, 2.05) is 20.8 Å². The molecule has 0 atom stereocenters. The predicted molar refractivity (Wildman–Crippen MR) is 55.1 cm³/mol. The zero-order chi connectivity index (χ0) is 9.99. The molecular formula is C11H19NY-2. The van der Waals surface area contributed by atoms with Gasteiger partial charge in [0.25, 0.3) is 0 Å². The van der Waals surface area contributed by atoms with Crippen molar-refractivity contribution in [1.82, 2.24) is 0 Å². The fourth-order valence-corrected chi connectivity index (χ4v) is 0.501. The quantitative estimate of drug-likeness (QED) is 0.505. The predicted octanol–water partition coefficient (Wildman–Crippen LogP) is 3.45. The van der Waals surface area contributed by atoms with E-state index in [9.17, 15) is 5.41 Å². The molecule has 0 aromatic rings. The van der Waals surface area contributed by atoms with E-state index in [1.54, 1.807) is 6.08 Å². The van der Waals surface area contributed by atoms with Crippen molar-refractivity contribution in [1.29, 1.82) is 0 Å². The molecule has 0 rings (SSSR count). The zero-order valence-electron chi connectivity index (χ0n) is 9.60. The first-order valence-corrected chi connectivity index (χ1v) is 4.30. The van der Waals surface area contributed by atoms with E-state index in [0.717, 1.165) is 0 Å². The third-order valence-corrected chi connectivity index (χ3v) is 1.41. The minimum atomic E-state index is -0.168. The van der Waals surface area contributed by atoms with Gasteiger partial charge in [-0.3, -0.25) is 12.2 Å². The molecule has 0 fully saturated rings. The number of rotatable bonds is 1. The molecule has 0 bridgehead atoms. The second-order valence-corrected chi connectivity index (χ2v) is 5.17. The molecule has 2 heteroatoms. The summed E-state index contributed by atoms with van der Waals surface area (Å²) in [5.74, 6) is 0. The fourth-order valence-electron chi connectivity index (χ4n) is 0.501. The van der Waals surface area contributed by atoms with E-state index in [0.29, 0.717) is 5.71 Å². The van der Waals surface area contributed by atoms with Crippen molar-refractivity contribution in [2.75, 3.05) is 0 Å². The summed E-state index contributed by atoms with van der Waals surface area (Å²) in [6.45, 7) is 12.1. The molecule has 0 aliphatic heterocycles. The maximum absolute atomic E-state index is 9.55. The fraction of sp³-hybridized carbons (Fsp3) is 0.727. The van der Waals surface area contributed by atoms with Crippen molar-refractivity contribution in [2.45, 2.75) is 41.5 Å². The molecule has 0 unspecified atom stereocenters. The van der Waals surface area contributed by atoms with Gasteiger partial charge in [-0.2, -0.15) is 0 Å². The van der Waals surface area contributed by atoms with Crippen LogP contribution in [0.4, 0.5) is 0 Å². The average Bonchev–Trinajstić information content (AvgIpc) is 1.78. The third kappa shape index (κ3) is 8.83. The van der Waals surface area contributed by atoms with Crippen LogP contribution in [0.25, 0.3) is 5.41 Å². The Balaban J connectivity index is 0. The molecule has 0 N–H and O–H groups in total. The van der Waals surface area contributed by atoms with E-state index in [2.05, 4.69) is 26.8 Å². The number of nitrogens with zero attached hydrogens (tertiary/aromatic N) is 1. The molecule has 1 nitrogen and oxygen atoms in total. The van der Waals surface area contributed by atoms with Crippen molar-refractivity contribution in [3.63, 3.8) is 0 Å². The summed E-state index contributed by atoms with van der Waals surface area (Å²) in [5.41, 5.74) is 0.231. The van der Waals surface area contributed by atoms with Crippen LogP contribution in [0, 0.1) is 16.9 Å². The Morgan fingerprint density at radius 2 is 1.46 bits per heavy atom. The number of allylic oxidation sites excluding steroid dienone is 2. The van der Waals surface area contributed by atoms with Gasteiger partial charge in [-0.15, -0.1) is 5.41 Å². The van der Waals surface area contributed by atoms with Gasteiger partial charge in [0.05, 0.1) is 0 Å². The summed E-state index contributed by atoms with van der Waals surface area (Å²) in [6, 6.07) is 0. The van der Waals surface area contributed by atoms with Crippen molar-refractivity contribution in [3.8, 4) is 0 Å². The van der Waals surface area contributed by atoms with Gasteiger partial charge in [-0.25, -0.2) is 0 Å². The van der Waals surface area contributed by atoms with Crippen LogP contribution in [0.3, 0.4) is 0 Å². The molecule has 0 amide bonds. The second-order valence-electron chi connectivity index (χ2n) is 5.17. The van der Waals surface area contributed by atoms with Gasteiger partial charge in [-0.05, 0) is 0 Å². The molecule has 0 aromatic heterocycles. The molecule has 1 radical (unpaired) electrons. The van der Waals surface area contributed by atoms with Crippen molar-refractivity contribution in [2.24, 2.45) is 10.8 Å². The molecule has 73 valence electrons. The van der Waals surface area contributed by atoms with Crippen LogP contribution in [0.2, 0.25) is 0 Å². The van der Waals surface area contributed by atoms with Crippen molar-refractivity contribution >= 4 is 5.71 Å². The van der Waals surface area contributed by atoms with E-state index < -0.39 is 0 Å². The van der Waals surface area contributed by atoms with E-state index >= 15 is 0 Å². The maximum atomic E-state index is 9.55. The summed E-state index contributed by atoms with van der Waals surface area (Å²) in [6.07, 6.45) is 4.80. The molecule has 0 saturated carbocycles. The Hall–Kier alpha value is 0.514. The Morgan fingerprint density at radius 3 is 1.69 bits per heavy atom. The van der Waals surface area contributed by atoms with Gasteiger partial charge in [0.1, 0.15) is 0 Å². The first-order chi connectivity index (χ1) is 5.13. The van der Waals surface area contributed by atoms with Gasteiger partial charge in [0, 0.05) is 32.7 Å². The van der Waals surface area contributed by atoms with Crippen LogP contribution < -0.4 is 0 Å². The van der Waals surface area contributed by atoms with Gasteiger partial charge < -0.3 is 11.1 Å². The summed E-state index contributed by atoms with van der Waals surface area (Å²) >= 11 is 0. The molecular weight excluding hydrogens is 235 g/mol. The zero-order valence-corrected chi connectivity index (χ0v) is 12.4. The minimum Gasteiger partial charge on any atom is -0.908 e. The molecule has 0 heterocycles. The second kappa shape index (κ2) is 5.41. The Labute approximate surface area is 108 Å². The first-order valence-electron chi connectivity index (χ1n) is 4.30. The average molecular weight is 254 g/mol. The molecule has 0 aliphatic carbocycles. The monoisotopic (exact) mass is 254 g/mol. The van der Waals surface area contributed by atoms with Crippen molar-refractivity contribution in [3.05, 3.63) is 17.6 Å². The topological polar surface area (TPSA) is 22.3 Å². The van der Waals surface area contributed by atoms with E-state index in [1.165, 1.54) is 0 Å². The van der Waals surface area contributed by atoms with Gasteiger partial charge in [-0.1, -0.05) is 47.0 Å². The Kier molecular flexibility index (Phi) is 6.64. The number of hydrogen-bond acceptors (Lipinski definition) is 0. The Morgan fingerprint density at radius 1 is 1.08 bits per heavy atom. The summed E-state index contributed by atoms with van der Waals surface area (Å²) in [7, 11) is 0. The van der Waals surface area contributed by atoms with Gasteiger partial charge >= 0.3 is 0 Å². The molecule has 0 aromatic carbocycles. The normalized spacial score (nSPS) is 12.8. The van der Waals surface area contributed by atoms with Crippen LogP contribution in [0.5, 0.6) is 0 Å². The van der Waals surface area contributed by atoms with Crippen LogP contribution in [0.1, 0.15) is 41.5 Å². The third-order valence-electron chi connectivity index (χ3n) is 1.41. The standard InChI is InChI=1S/C11H19N.Y/c1-10(2,3)8-7-9(12)11(4,5)6;/h7H,1-6H3;/q-2;. The summed E-state index contributed by atoms with van der Waals surface area (Å²) in [4.78, 5) is 0. The van der Waals surface area contributed by atoms with Crippen LogP contribution in [-0.4, -0.2) is 5.71 Å². The van der Waals surface area contributed by atoms with Crippen LogP contribution in [0.15, 0.2) is 6.08 Å². The summed E-state index contributed by atoms with van der Waals surface area (Å²) < 4.78 is 0. The smallest absolute Gasteiger partial charge is 0 e. The largest absolute Gasteiger partial charge is 0.908 e. The Bertz CT molecular complexity index is 191. The molecule has 0 saturated heterocycles. The molecule has 0 spiro atoms. The summed E-state index contributed by atoms with van der Waals surface area (Å²) in [5, 5.41) is 9.55. The SMILES string of the molecule is CC(C)(C)[C-]=CC(=[N-])C(C)(C)C.[Y]. The molecule has 0 aliphatic rings. The number of hydrogen-bond donors (Lipinski definition) is 0. The van der Waals surface area contributed by atoms with Gasteiger partial charge in [0.2, 0.25) is 0 Å². The van der Waals surface area contributed by atoms with Crippen LogP contribution in [-0.2, 0) is 32.7 Å². The van der Waals surface area contributed by atoms with Crippen molar-refractivity contribution < 1.29 is 32.7 Å². The van der Waals surface area contributed by atoms with Gasteiger partial charge in [0.15, 0.2) is 0 Å². The maximum Gasteiger partial charge on any atom is 0 e. The van der Waals surface area contributed by atoms with Crippen LogP contribution >= 0.6 is 0 Å². The minimum absolute atomic E-state index is 0. The van der Waals surface area contributed by atoms with E-state index in [4.69, 9.17) is 0 Å². The van der Waals surface area contributed by atoms with E-state index in [-0.39, 0.29) is 43.5 Å².